The molecule has 1 aromatic carbocycles. The zero-order chi connectivity index (χ0) is 28.9. The fourth-order valence-corrected chi connectivity index (χ4v) is 4.70. The number of carbonyl (C=O) groups excluding carboxylic acids is 3. The second kappa shape index (κ2) is 16.5. The van der Waals surface area contributed by atoms with Crippen LogP contribution in [0.3, 0.4) is 0 Å². The van der Waals surface area contributed by atoms with E-state index in [1.165, 1.54) is 0 Å². The third kappa shape index (κ3) is 10.5. The highest BCUT2D eigenvalue weighted by atomic mass is 19.2. The SMILES string of the molecule is C=O.C=O.CC(C)(C)C(=O)N1C2CCC1CC(C(N)Cc1cc(F)c(F)cc1F)C2.COCCN(C)C. The minimum atomic E-state index is -1.19. The lowest BCUT2D eigenvalue weighted by atomic mass is 9.81. The van der Waals surface area contributed by atoms with Crippen molar-refractivity contribution >= 4 is 19.5 Å². The number of rotatable bonds is 6. The number of likely N-dealkylation sites (N-methyl/N-ethyl adjacent to an activating group) is 1. The van der Waals surface area contributed by atoms with E-state index >= 15 is 0 Å². The van der Waals surface area contributed by atoms with Crippen LogP contribution in [0.2, 0.25) is 0 Å². The summed E-state index contributed by atoms with van der Waals surface area (Å²) in [6, 6.07) is 1.48. The van der Waals surface area contributed by atoms with Crippen LogP contribution in [0.25, 0.3) is 0 Å². The maximum absolute atomic E-state index is 13.9. The lowest BCUT2D eigenvalue weighted by Crippen LogP contribution is -2.53. The monoisotopic (exact) mass is 531 g/mol. The molecule has 1 aromatic rings. The van der Waals surface area contributed by atoms with Gasteiger partial charge in [0, 0.05) is 43.3 Å². The Morgan fingerprint density at radius 2 is 1.54 bits per heavy atom. The number of hydrogen-bond acceptors (Lipinski definition) is 6. The molecule has 7 nitrogen and oxygen atoms in total. The Morgan fingerprint density at radius 3 is 1.95 bits per heavy atom. The highest BCUT2D eigenvalue weighted by Crippen LogP contribution is 2.42. The van der Waals surface area contributed by atoms with E-state index in [-0.39, 0.29) is 41.9 Å². The summed E-state index contributed by atoms with van der Waals surface area (Å²) < 4.78 is 45.2. The van der Waals surface area contributed by atoms with Gasteiger partial charge in [-0.3, -0.25) is 4.79 Å². The maximum Gasteiger partial charge on any atom is 0.228 e. The Kier molecular flexibility index (Phi) is 15.5. The van der Waals surface area contributed by atoms with Gasteiger partial charge >= 0.3 is 0 Å². The molecule has 2 aliphatic heterocycles. The number of hydrogen-bond donors (Lipinski definition) is 1. The number of benzene rings is 1. The van der Waals surface area contributed by atoms with Gasteiger partial charge in [-0.25, -0.2) is 13.2 Å². The Labute approximate surface area is 219 Å². The van der Waals surface area contributed by atoms with Crippen molar-refractivity contribution in [2.24, 2.45) is 17.1 Å². The molecule has 10 heteroatoms. The number of nitrogens with zero attached hydrogens (tertiary/aromatic N) is 2. The Balaban J connectivity index is 0.00000101. The highest BCUT2D eigenvalue weighted by molar-refractivity contribution is 5.82. The Hall–Kier alpha value is -2.30. The summed E-state index contributed by atoms with van der Waals surface area (Å²) in [6.45, 7) is 11.6. The molecule has 2 aliphatic rings. The second-order valence-electron chi connectivity index (χ2n) is 10.6. The Bertz CT molecular complexity index is 820. The van der Waals surface area contributed by atoms with Crippen molar-refractivity contribution in [3.63, 3.8) is 0 Å². The average Bonchev–Trinajstić information content (AvgIpc) is 3.11. The van der Waals surface area contributed by atoms with Gasteiger partial charge in [-0.15, -0.1) is 0 Å². The van der Waals surface area contributed by atoms with Crippen LogP contribution < -0.4 is 5.73 Å². The van der Waals surface area contributed by atoms with Crippen molar-refractivity contribution in [2.75, 3.05) is 34.4 Å². The van der Waals surface area contributed by atoms with Gasteiger partial charge in [0.1, 0.15) is 19.4 Å². The van der Waals surface area contributed by atoms with Gasteiger partial charge in [0.15, 0.2) is 11.6 Å². The molecule has 1 amide bonds. The Morgan fingerprint density at radius 1 is 1.05 bits per heavy atom. The molecule has 2 N–H and O–H groups in total. The molecule has 0 saturated carbocycles. The van der Waals surface area contributed by atoms with Crippen molar-refractivity contribution in [2.45, 2.75) is 71.0 Å². The van der Waals surface area contributed by atoms with Crippen LogP contribution in [0.15, 0.2) is 12.1 Å². The van der Waals surface area contributed by atoms with E-state index in [1.54, 1.807) is 7.11 Å². The van der Waals surface area contributed by atoms with Gasteiger partial charge in [-0.2, -0.15) is 0 Å². The number of methoxy groups -OCH3 is 1. The van der Waals surface area contributed by atoms with Crippen molar-refractivity contribution in [1.82, 2.24) is 9.80 Å². The van der Waals surface area contributed by atoms with Crippen molar-refractivity contribution in [3.8, 4) is 0 Å². The summed E-state index contributed by atoms with van der Waals surface area (Å²) in [5, 5.41) is 0. The minimum absolute atomic E-state index is 0.108. The average molecular weight is 532 g/mol. The molecule has 0 aromatic heterocycles. The predicted octanol–water partition coefficient (Wildman–Crippen LogP) is 3.61. The zero-order valence-electron chi connectivity index (χ0n) is 23.1. The van der Waals surface area contributed by atoms with Gasteiger partial charge in [0.25, 0.3) is 0 Å². The number of nitrogens with two attached hydrogens (primary N) is 1. The van der Waals surface area contributed by atoms with Crippen molar-refractivity contribution in [1.29, 1.82) is 0 Å². The lowest BCUT2D eigenvalue weighted by molar-refractivity contribution is -0.145. The topological polar surface area (TPSA) is 92.9 Å². The van der Waals surface area contributed by atoms with Crippen LogP contribution in [0, 0.1) is 28.8 Å². The summed E-state index contributed by atoms with van der Waals surface area (Å²) in [6.07, 6.45) is 3.67. The van der Waals surface area contributed by atoms with Crippen LogP contribution in [-0.4, -0.2) is 81.8 Å². The molecule has 37 heavy (non-hydrogen) atoms. The molecule has 0 radical (unpaired) electrons. The summed E-state index contributed by atoms with van der Waals surface area (Å²) in [5.41, 5.74) is 6.01. The largest absolute Gasteiger partial charge is 0.383 e. The van der Waals surface area contributed by atoms with Crippen LogP contribution >= 0.6 is 0 Å². The summed E-state index contributed by atoms with van der Waals surface area (Å²) in [7, 11) is 5.77. The molecule has 0 aliphatic carbocycles. The fraction of sp³-hybridized carbons (Fsp3) is 0.667. The van der Waals surface area contributed by atoms with E-state index in [1.807, 2.05) is 53.3 Å². The van der Waals surface area contributed by atoms with Crippen LogP contribution in [-0.2, 0) is 25.5 Å². The first-order chi connectivity index (χ1) is 17.3. The van der Waals surface area contributed by atoms with Crippen LogP contribution in [0.5, 0.6) is 0 Å². The van der Waals surface area contributed by atoms with Gasteiger partial charge in [-0.1, -0.05) is 20.8 Å². The van der Waals surface area contributed by atoms with E-state index in [4.69, 9.17) is 20.1 Å². The number of fused-ring (bicyclic) bond motifs is 2. The highest BCUT2D eigenvalue weighted by Gasteiger charge is 2.46. The molecule has 3 unspecified atom stereocenters. The van der Waals surface area contributed by atoms with E-state index in [0.717, 1.165) is 44.9 Å². The molecule has 2 heterocycles. The van der Waals surface area contributed by atoms with E-state index in [0.29, 0.717) is 6.07 Å². The maximum atomic E-state index is 13.9. The third-order valence-electron chi connectivity index (χ3n) is 6.54. The molecule has 3 rings (SSSR count). The number of amides is 1. The quantitative estimate of drug-likeness (QED) is 0.564. The molecule has 0 spiro atoms. The van der Waals surface area contributed by atoms with Gasteiger partial charge in [0.05, 0.1) is 6.61 Å². The summed E-state index contributed by atoms with van der Waals surface area (Å²) in [4.78, 5) is 32.8. The first-order valence-electron chi connectivity index (χ1n) is 12.3. The molecular formula is C27H44F3N3O4. The normalized spacial score (nSPS) is 21.1. The second-order valence-corrected chi connectivity index (χ2v) is 10.6. The molecule has 2 fully saturated rings. The standard InChI is InChI=1S/C20H27F3N2O.C5H13NO.2CH2O/c1-20(2,3)19(26)25-13-4-5-14(25)7-12(6-13)18(24)9-11-8-16(22)17(23)10-15(11)21;1-6(2)4-5-7-3;2*1-2/h8,10,12-14,18H,4-7,9,24H2,1-3H3;4-5H2,1-3H3;2*1H2. The predicted molar refractivity (Wildman–Crippen MR) is 139 cm³/mol. The van der Waals surface area contributed by atoms with E-state index in [2.05, 4.69) is 4.90 Å². The summed E-state index contributed by atoms with van der Waals surface area (Å²) >= 11 is 0. The number of ether oxygens (including phenoxy) is 1. The first-order valence-corrected chi connectivity index (χ1v) is 12.3. The first kappa shape index (κ1) is 34.7. The summed E-state index contributed by atoms with van der Waals surface area (Å²) in [5.74, 6) is -2.69. The van der Waals surface area contributed by atoms with E-state index < -0.39 is 22.9 Å². The van der Waals surface area contributed by atoms with Crippen LogP contribution in [0.4, 0.5) is 13.2 Å². The van der Waals surface area contributed by atoms with Gasteiger partial charge < -0.3 is 29.9 Å². The number of piperidine rings is 1. The zero-order valence-corrected chi connectivity index (χ0v) is 23.1. The van der Waals surface area contributed by atoms with E-state index in [9.17, 15) is 18.0 Å². The number of halogens is 3. The van der Waals surface area contributed by atoms with Crippen molar-refractivity contribution in [3.05, 3.63) is 35.1 Å². The van der Waals surface area contributed by atoms with Gasteiger partial charge in [0.2, 0.25) is 5.91 Å². The lowest BCUT2D eigenvalue weighted by Gasteiger charge is -2.43. The van der Waals surface area contributed by atoms with Gasteiger partial charge in [-0.05, 0) is 63.7 Å². The molecule has 212 valence electrons. The molecule has 2 bridgehead atoms. The third-order valence-corrected chi connectivity index (χ3v) is 6.54. The van der Waals surface area contributed by atoms with Crippen LogP contribution in [0.1, 0.15) is 52.0 Å². The van der Waals surface area contributed by atoms with Crippen molar-refractivity contribution < 1.29 is 32.3 Å². The smallest absolute Gasteiger partial charge is 0.228 e. The minimum Gasteiger partial charge on any atom is -0.383 e. The fourth-order valence-electron chi connectivity index (χ4n) is 4.70. The molecule has 3 atom stereocenters. The number of carbonyl (C=O) groups is 3. The molecule has 2 saturated heterocycles. The molecular weight excluding hydrogens is 487 g/mol.